The van der Waals surface area contributed by atoms with Crippen LogP contribution in [0.2, 0.25) is 0 Å². The first-order chi connectivity index (χ1) is 9.63. The van der Waals surface area contributed by atoms with Crippen LogP contribution in [0.25, 0.3) is 22.2 Å². The van der Waals surface area contributed by atoms with Crippen LogP contribution >= 0.6 is 22.6 Å². The lowest BCUT2D eigenvalue weighted by Crippen LogP contribution is -2.06. The van der Waals surface area contributed by atoms with Crippen LogP contribution in [0.3, 0.4) is 0 Å². The quantitative estimate of drug-likeness (QED) is 0.591. The molecule has 0 aliphatic carbocycles. The van der Waals surface area contributed by atoms with Crippen LogP contribution in [-0.2, 0) is 0 Å². The summed E-state index contributed by atoms with van der Waals surface area (Å²) < 4.78 is 1.10. The lowest BCUT2D eigenvalue weighted by molar-refractivity contribution is 0.210. The average molecular weight is 379 g/mol. The van der Waals surface area contributed by atoms with Gasteiger partial charge in [-0.3, -0.25) is 5.32 Å². The Morgan fingerprint density at radius 3 is 2.95 bits per heavy atom. The minimum atomic E-state index is -1.07. The summed E-state index contributed by atoms with van der Waals surface area (Å²) in [4.78, 5) is 18.1. The van der Waals surface area contributed by atoms with Gasteiger partial charge in [-0.25, -0.2) is 9.78 Å². The molecule has 6 heteroatoms. The van der Waals surface area contributed by atoms with Crippen LogP contribution in [0, 0.1) is 3.57 Å². The highest BCUT2D eigenvalue weighted by Crippen LogP contribution is 2.27. The van der Waals surface area contributed by atoms with Crippen LogP contribution in [0.4, 0.5) is 10.5 Å². The number of amides is 1. The molecule has 0 atom stereocenters. The van der Waals surface area contributed by atoms with Gasteiger partial charge in [-0.05, 0) is 46.4 Å². The number of fused-ring (bicyclic) bond motifs is 1. The first-order valence-electron chi connectivity index (χ1n) is 5.86. The molecule has 2 heterocycles. The van der Waals surface area contributed by atoms with E-state index in [9.17, 15) is 4.79 Å². The van der Waals surface area contributed by atoms with Gasteiger partial charge in [-0.15, -0.1) is 0 Å². The van der Waals surface area contributed by atoms with Crippen LogP contribution in [0.15, 0.2) is 42.7 Å². The van der Waals surface area contributed by atoms with Gasteiger partial charge in [-0.1, -0.05) is 12.1 Å². The molecule has 3 aromatic rings. The van der Waals surface area contributed by atoms with E-state index in [1.165, 1.54) is 0 Å². The molecular formula is C14H10IN3O2. The molecule has 0 radical (unpaired) electrons. The summed E-state index contributed by atoms with van der Waals surface area (Å²) in [5.74, 6) is 0. The number of carboxylic acid groups (broad SMARTS) is 1. The molecular weight excluding hydrogens is 369 g/mol. The maximum Gasteiger partial charge on any atom is 0.409 e. The molecule has 0 aliphatic rings. The molecule has 1 amide bonds. The molecule has 0 spiro atoms. The number of halogens is 1. The zero-order valence-electron chi connectivity index (χ0n) is 10.2. The number of aromatic nitrogens is 2. The highest BCUT2D eigenvalue weighted by Gasteiger charge is 2.06. The third-order valence-corrected chi connectivity index (χ3v) is 3.82. The topological polar surface area (TPSA) is 78.0 Å². The number of aromatic amines is 1. The molecule has 5 nitrogen and oxygen atoms in total. The summed E-state index contributed by atoms with van der Waals surface area (Å²) in [5.41, 5.74) is 3.25. The first kappa shape index (κ1) is 12.9. The molecule has 20 heavy (non-hydrogen) atoms. The van der Waals surface area contributed by atoms with E-state index in [0.29, 0.717) is 5.69 Å². The molecule has 0 saturated heterocycles. The number of hydrogen-bond donors (Lipinski definition) is 3. The number of pyridine rings is 1. The van der Waals surface area contributed by atoms with Crippen molar-refractivity contribution in [3.05, 3.63) is 46.3 Å². The summed E-state index contributed by atoms with van der Waals surface area (Å²) in [6, 6.07) is 9.28. The highest BCUT2D eigenvalue weighted by molar-refractivity contribution is 14.1. The number of rotatable bonds is 2. The van der Waals surface area contributed by atoms with E-state index in [4.69, 9.17) is 5.11 Å². The molecule has 2 aromatic heterocycles. The van der Waals surface area contributed by atoms with Gasteiger partial charge in [0.25, 0.3) is 0 Å². The van der Waals surface area contributed by atoms with Gasteiger partial charge in [0.1, 0.15) is 5.65 Å². The maximum atomic E-state index is 10.7. The maximum absolute atomic E-state index is 10.7. The lowest BCUT2D eigenvalue weighted by atomic mass is 10.1. The predicted octanol–water partition coefficient (Wildman–Crippen LogP) is 3.92. The van der Waals surface area contributed by atoms with Crippen LogP contribution < -0.4 is 5.32 Å². The van der Waals surface area contributed by atoms with E-state index in [1.807, 2.05) is 24.4 Å². The van der Waals surface area contributed by atoms with Crippen LogP contribution in [-0.4, -0.2) is 21.2 Å². The van der Waals surface area contributed by atoms with E-state index in [1.54, 1.807) is 18.3 Å². The third kappa shape index (κ3) is 2.46. The summed E-state index contributed by atoms with van der Waals surface area (Å²) >= 11 is 2.25. The molecule has 1 aromatic carbocycles. The largest absolute Gasteiger partial charge is 0.465 e. The first-order valence-corrected chi connectivity index (χ1v) is 6.94. The highest BCUT2D eigenvalue weighted by atomic mass is 127. The van der Waals surface area contributed by atoms with Gasteiger partial charge in [-0.2, -0.15) is 0 Å². The van der Waals surface area contributed by atoms with Crippen molar-refractivity contribution in [3.63, 3.8) is 0 Å². The Bertz CT molecular complexity index is 798. The van der Waals surface area contributed by atoms with Gasteiger partial charge in [0.2, 0.25) is 0 Å². The predicted molar refractivity (Wildman–Crippen MR) is 85.9 cm³/mol. The molecule has 3 rings (SSSR count). The Morgan fingerprint density at radius 1 is 1.30 bits per heavy atom. The molecule has 0 unspecified atom stereocenters. The molecule has 0 aliphatic heterocycles. The Balaban J connectivity index is 2.05. The van der Waals surface area contributed by atoms with E-state index in [0.717, 1.165) is 25.7 Å². The smallest absolute Gasteiger partial charge is 0.409 e. The lowest BCUT2D eigenvalue weighted by Gasteiger charge is -2.05. The van der Waals surface area contributed by atoms with E-state index in [2.05, 4.69) is 37.9 Å². The van der Waals surface area contributed by atoms with Crippen molar-refractivity contribution in [2.45, 2.75) is 0 Å². The van der Waals surface area contributed by atoms with Gasteiger partial charge in [0, 0.05) is 32.6 Å². The summed E-state index contributed by atoms with van der Waals surface area (Å²) in [5, 5.41) is 12.2. The fourth-order valence-electron chi connectivity index (χ4n) is 2.03. The minimum absolute atomic E-state index is 0.541. The Labute approximate surface area is 128 Å². The summed E-state index contributed by atoms with van der Waals surface area (Å²) in [7, 11) is 0. The number of anilines is 1. The molecule has 0 fully saturated rings. The Morgan fingerprint density at radius 2 is 2.15 bits per heavy atom. The van der Waals surface area contributed by atoms with Crippen molar-refractivity contribution >= 4 is 45.4 Å². The zero-order chi connectivity index (χ0) is 14.1. The second-order valence-electron chi connectivity index (χ2n) is 4.27. The summed E-state index contributed by atoms with van der Waals surface area (Å²) in [6.07, 6.45) is 2.61. The van der Waals surface area contributed by atoms with Gasteiger partial charge in [0.15, 0.2) is 0 Å². The van der Waals surface area contributed by atoms with Crippen molar-refractivity contribution in [1.29, 1.82) is 0 Å². The normalized spacial score (nSPS) is 10.7. The minimum Gasteiger partial charge on any atom is -0.465 e. The fourth-order valence-corrected chi connectivity index (χ4v) is 2.60. The summed E-state index contributed by atoms with van der Waals surface area (Å²) in [6.45, 7) is 0. The molecule has 0 bridgehead atoms. The monoisotopic (exact) mass is 379 g/mol. The van der Waals surface area contributed by atoms with Gasteiger partial charge >= 0.3 is 6.09 Å². The second kappa shape index (κ2) is 5.12. The van der Waals surface area contributed by atoms with Crippen molar-refractivity contribution in [3.8, 4) is 11.1 Å². The number of nitrogens with one attached hydrogen (secondary N) is 2. The van der Waals surface area contributed by atoms with Gasteiger partial charge in [0.05, 0.1) is 0 Å². The zero-order valence-corrected chi connectivity index (χ0v) is 12.4. The fraction of sp³-hybridized carbons (Fsp3) is 0. The third-order valence-electron chi connectivity index (χ3n) is 2.93. The Kier molecular flexibility index (Phi) is 3.31. The number of carbonyl (C=O) groups is 1. The van der Waals surface area contributed by atoms with Gasteiger partial charge < -0.3 is 10.1 Å². The SMILES string of the molecule is O=C(O)Nc1cccc(-c2cnc3[nH]cc(I)c3c2)c1. The van der Waals surface area contributed by atoms with E-state index in [-0.39, 0.29) is 0 Å². The Hall–Kier alpha value is -2.09. The van der Waals surface area contributed by atoms with Crippen molar-refractivity contribution in [1.82, 2.24) is 9.97 Å². The standard InChI is InChI=1S/C14H10IN3O2/c15-12-7-17-13-11(12)5-9(6-16-13)8-2-1-3-10(4-8)18-14(19)20/h1-7,18H,(H,16,17)(H,19,20). The molecule has 100 valence electrons. The van der Waals surface area contributed by atoms with Crippen molar-refractivity contribution in [2.75, 3.05) is 5.32 Å². The van der Waals surface area contributed by atoms with Crippen molar-refractivity contribution < 1.29 is 9.90 Å². The average Bonchev–Trinajstić information content (AvgIpc) is 2.80. The van der Waals surface area contributed by atoms with Crippen LogP contribution in [0.1, 0.15) is 0 Å². The number of nitrogens with zero attached hydrogens (tertiary/aromatic N) is 1. The number of H-pyrrole nitrogens is 1. The van der Waals surface area contributed by atoms with Crippen LogP contribution in [0.5, 0.6) is 0 Å². The number of hydrogen-bond acceptors (Lipinski definition) is 2. The molecule has 0 saturated carbocycles. The van der Waals surface area contributed by atoms with E-state index < -0.39 is 6.09 Å². The second-order valence-corrected chi connectivity index (χ2v) is 5.43. The van der Waals surface area contributed by atoms with Crippen molar-refractivity contribution in [2.24, 2.45) is 0 Å². The number of benzene rings is 1. The van der Waals surface area contributed by atoms with E-state index >= 15 is 0 Å². The molecule has 3 N–H and O–H groups in total.